The van der Waals surface area contributed by atoms with Crippen LogP contribution in [0, 0.1) is 0 Å². The number of rotatable bonds is 4. The van der Waals surface area contributed by atoms with E-state index in [1.165, 1.54) is 19.2 Å². The molecule has 0 spiro atoms. The van der Waals surface area contributed by atoms with Crippen LogP contribution in [0.15, 0.2) is 30.3 Å². The number of carboxylic acids is 1. The average Bonchev–Trinajstić information content (AvgIpc) is 2.24. The number of anilines is 1. The highest BCUT2D eigenvalue weighted by molar-refractivity contribution is 5.86. The van der Waals surface area contributed by atoms with Gasteiger partial charge in [-0.25, -0.2) is 4.79 Å². The van der Waals surface area contributed by atoms with E-state index in [1.807, 2.05) is 0 Å². The maximum atomic E-state index is 12.3. The number of aliphatic carboxylic acids is 1. The zero-order chi connectivity index (χ0) is 13.8. The quantitative estimate of drug-likeness (QED) is 0.845. The van der Waals surface area contributed by atoms with E-state index < -0.39 is 18.7 Å². The summed E-state index contributed by atoms with van der Waals surface area (Å²) in [6.45, 7) is -1.09. The van der Waals surface area contributed by atoms with E-state index >= 15 is 0 Å². The van der Waals surface area contributed by atoms with Gasteiger partial charge in [-0.2, -0.15) is 13.2 Å². The molecule has 98 valence electrons. The summed E-state index contributed by atoms with van der Waals surface area (Å²) in [5.74, 6) is -1.15. The van der Waals surface area contributed by atoms with Crippen LogP contribution in [0.1, 0.15) is 5.56 Å². The lowest BCUT2D eigenvalue weighted by molar-refractivity contribution is -0.131. The van der Waals surface area contributed by atoms with E-state index in [2.05, 4.69) is 0 Å². The van der Waals surface area contributed by atoms with Crippen molar-refractivity contribution in [2.24, 2.45) is 0 Å². The molecule has 6 heteroatoms. The van der Waals surface area contributed by atoms with Crippen LogP contribution in [0.3, 0.4) is 0 Å². The summed E-state index contributed by atoms with van der Waals surface area (Å²) < 4.78 is 36.9. The van der Waals surface area contributed by atoms with Crippen LogP contribution in [0.25, 0.3) is 6.08 Å². The summed E-state index contributed by atoms with van der Waals surface area (Å²) in [7, 11) is 1.31. The third kappa shape index (κ3) is 4.48. The molecule has 0 heterocycles. The second-order valence-electron chi connectivity index (χ2n) is 3.70. The molecule has 1 aromatic rings. The maximum absolute atomic E-state index is 12.3. The topological polar surface area (TPSA) is 40.5 Å². The van der Waals surface area contributed by atoms with Gasteiger partial charge in [0, 0.05) is 18.8 Å². The van der Waals surface area contributed by atoms with Crippen LogP contribution in [0.5, 0.6) is 0 Å². The molecule has 0 unspecified atom stereocenters. The average molecular weight is 259 g/mol. The third-order valence-corrected chi connectivity index (χ3v) is 2.17. The van der Waals surface area contributed by atoms with Crippen LogP contribution in [-0.2, 0) is 4.79 Å². The number of nitrogens with zero attached hydrogens (tertiary/aromatic N) is 1. The highest BCUT2D eigenvalue weighted by Gasteiger charge is 2.29. The smallest absolute Gasteiger partial charge is 0.405 e. The first-order chi connectivity index (χ1) is 8.29. The lowest BCUT2D eigenvalue weighted by Gasteiger charge is -2.22. The van der Waals surface area contributed by atoms with Gasteiger partial charge in [0.25, 0.3) is 0 Å². The Labute approximate surface area is 102 Å². The zero-order valence-electron chi connectivity index (χ0n) is 9.61. The molecular formula is C12H12F3NO2. The van der Waals surface area contributed by atoms with Crippen LogP contribution in [0.2, 0.25) is 0 Å². The van der Waals surface area contributed by atoms with Gasteiger partial charge in [0.2, 0.25) is 0 Å². The van der Waals surface area contributed by atoms with Crippen LogP contribution in [0.4, 0.5) is 18.9 Å². The highest BCUT2D eigenvalue weighted by Crippen LogP contribution is 2.24. The minimum atomic E-state index is -4.31. The number of benzene rings is 1. The summed E-state index contributed by atoms with van der Waals surface area (Å²) in [5.41, 5.74) is 0.749. The van der Waals surface area contributed by atoms with Gasteiger partial charge in [-0.1, -0.05) is 18.2 Å². The first-order valence-electron chi connectivity index (χ1n) is 5.07. The molecule has 1 rings (SSSR count). The Hall–Kier alpha value is -1.98. The summed E-state index contributed by atoms with van der Waals surface area (Å²) in [6, 6.07) is 6.29. The highest BCUT2D eigenvalue weighted by atomic mass is 19.4. The van der Waals surface area contributed by atoms with E-state index in [0.29, 0.717) is 11.3 Å². The molecule has 0 radical (unpaired) electrons. The van der Waals surface area contributed by atoms with Crippen molar-refractivity contribution in [3.63, 3.8) is 0 Å². The van der Waals surface area contributed by atoms with Crippen LogP contribution < -0.4 is 4.90 Å². The molecule has 0 atom stereocenters. The molecule has 0 saturated carbocycles. The van der Waals surface area contributed by atoms with Crippen molar-refractivity contribution >= 4 is 17.7 Å². The predicted molar refractivity (Wildman–Crippen MR) is 62.4 cm³/mol. The second kappa shape index (κ2) is 5.57. The van der Waals surface area contributed by atoms with Gasteiger partial charge in [0.1, 0.15) is 6.54 Å². The Morgan fingerprint density at radius 2 is 2.00 bits per heavy atom. The molecule has 0 amide bonds. The van der Waals surface area contributed by atoms with Gasteiger partial charge in [-0.3, -0.25) is 0 Å². The Bertz CT molecular complexity index is 455. The lowest BCUT2D eigenvalue weighted by Crippen LogP contribution is -2.31. The summed E-state index contributed by atoms with van der Waals surface area (Å²) >= 11 is 0. The predicted octanol–water partition coefficient (Wildman–Crippen LogP) is 2.78. The molecule has 18 heavy (non-hydrogen) atoms. The number of hydrogen-bond donors (Lipinski definition) is 1. The van der Waals surface area contributed by atoms with Crippen molar-refractivity contribution in [3.05, 3.63) is 35.9 Å². The molecule has 0 aliphatic heterocycles. The largest absolute Gasteiger partial charge is 0.478 e. The van der Waals surface area contributed by atoms with Crippen LogP contribution in [-0.4, -0.2) is 30.8 Å². The third-order valence-electron chi connectivity index (χ3n) is 2.17. The molecule has 0 bridgehead atoms. The number of alkyl halides is 3. The summed E-state index contributed by atoms with van der Waals surface area (Å²) in [6.07, 6.45) is -2.15. The van der Waals surface area contributed by atoms with Gasteiger partial charge in [-0.15, -0.1) is 0 Å². The van der Waals surface area contributed by atoms with Crippen molar-refractivity contribution < 1.29 is 23.1 Å². The zero-order valence-corrected chi connectivity index (χ0v) is 9.61. The van der Waals surface area contributed by atoms with Gasteiger partial charge in [-0.05, 0) is 17.7 Å². The Morgan fingerprint density at radius 3 is 2.56 bits per heavy atom. The number of para-hydroxylation sites is 1. The van der Waals surface area contributed by atoms with Gasteiger partial charge in [0.15, 0.2) is 0 Å². The molecule has 0 aliphatic rings. The molecular weight excluding hydrogens is 247 g/mol. The molecule has 0 aromatic heterocycles. The van der Waals surface area contributed by atoms with E-state index in [-0.39, 0.29) is 0 Å². The molecule has 1 aromatic carbocycles. The fraction of sp³-hybridized carbons (Fsp3) is 0.250. The van der Waals surface area contributed by atoms with Crippen molar-refractivity contribution in [1.82, 2.24) is 0 Å². The summed E-state index contributed by atoms with van der Waals surface area (Å²) in [5, 5.41) is 8.51. The molecule has 0 saturated heterocycles. The van der Waals surface area contributed by atoms with E-state index in [9.17, 15) is 18.0 Å². The fourth-order valence-electron chi connectivity index (χ4n) is 1.49. The SMILES string of the molecule is CN(CC(F)(F)F)c1ccccc1/C=C/C(=O)O. The first-order valence-corrected chi connectivity index (χ1v) is 5.07. The maximum Gasteiger partial charge on any atom is 0.405 e. The normalized spacial score (nSPS) is 11.8. The van der Waals surface area contributed by atoms with Gasteiger partial charge in [0.05, 0.1) is 0 Å². The molecule has 3 nitrogen and oxygen atoms in total. The fourth-order valence-corrected chi connectivity index (χ4v) is 1.49. The molecule has 0 aliphatic carbocycles. The Kier molecular flexibility index (Phi) is 4.36. The standard InChI is InChI=1S/C12H12F3NO2/c1-16(8-12(13,14)15)10-5-3-2-4-9(10)6-7-11(17)18/h2-7H,8H2,1H3,(H,17,18)/b7-6+. The number of hydrogen-bond acceptors (Lipinski definition) is 2. The van der Waals surface area contributed by atoms with Gasteiger partial charge >= 0.3 is 12.1 Å². The van der Waals surface area contributed by atoms with Gasteiger partial charge < -0.3 is 10.0 Å². The molecule has 1 N–H and O–H groups in total. The molecule has 0 fully saturated rings. The lowest BCUT2D eigenvalue weighted by atomic mass is 10.1. The van der Waals surface area contributed by atoms with Crippen molar-refractivity contribution in [1.29, 1.82) is 0 Å². The van der Waals surface area contributed by atoms with Crippen molar-refractivity contribution in [2.45, 2.75) is 6.18 Å². The first kappa shape index (κ1) is 14.1. The van der Waals surface area contributed by atoms with Crippen LogP contribution >= 0.6 is 0 Å². The van der Waals surface area contributed by atoms with Crippen molar-refractivity contribution in [2.75, 3.05) is 18.5 Å². The Morgan fingerprint density at radius 1 is 1.39 bits per heavy atom. The van der Waals surface area contributed by atoms with E-state index in [4.69, 9.17) is 5.11 Å². The number of halogens is 3. The van der Waals surface area contributed by atoms with E-state index in [1.54, 1.807) is 18.2 Å². The number of carbonyl (C=O) groups is 1. The minimum Gasteiger partial charge on any atom is -0.478 e. The second-order valence-corrected chi connectivity index (χ2v) is 3.70. The summed E-state index contributed by atoms with van der Waals surface area (Å²) in [4.78, 5) is 11.4. The van der Waals surface area contributed by atoms with E-state index in [0.717, 1.165) is 11.0 Å². The Balaban J connectivity index is 2.98. The monoisotopic (exact) mass is 259 g/mol. The minimum absolute atomic E-state index is 0.326. The van der Waals surface area contributed by atoms with Crippen molar-refractivity contribution in [3.8, 4) is 0 Å². The number of carboxylic acid groups (broad SMARTS) is 1.